The number of carbonyl (C=O) groups excluding carboxylic acids is 4. The average molecular weight is 806 g/mol. The van der Waals surface area contributed by atoms with Crippen LogP contribution in [-0.4, -0.2) is 61.9 Å². The first-order chi connectivity index (χ1) is 26.9. The van der Waals surface area contributed by atoms with Crippen LogP contribution in [0.2, 0.25) is 10.0 Å². The number of Topliss-reactive ketones (excluding diaryl/α,β-unsaturated/α-hetero) is 2. The van der Waals surface area contributed by atoms with Gasteiger partial charge < -0.3 is 29.6 Å². The summed E-state index contributed by atoms with van der Waals surface area (Å²) in [5, 5.41) is 22.1. The monoisotopic (exact) mass is 804 g/mol. The van der Waals surface area contributed by atoms with E-state index in [1.165, 1.54) is 19.9 Å². The van der Waals surface area contributed by atoms with Crippen molar-refractivity contribution in [2.24, 2.45) is 20.5 Å². The number of nitrogens with zero attached hydrogens (tertiary/aromatic N) is 4. The SMILES string of the molecule is CCOc1ccc(OCC)c(NC(=O)C(N=Nc2ccc(-c3cc(Cl)c(N=NC(C(C)=O)C(=O)Nc4cc(OCC)ccc4OCC)cc3Cl)cc2)C(C)=O)c1. The van der Waals surface area contributed by atoms with E-state index in [2.05, 4.69) is 31.1 Å². The van der Waals surface area contributed by atoms with E-state index in [9.17, 15) is 19.2 Å². The molecule has 0 spiro atoms. The van der Waals surface area contributed by atoms with E-state index in [4.69, 9.17) is 42.1 Å². The number of nitrogens with one attached hydrogen (secondary N) is 2. The van der Waals surface area contributed by atoms with Gasteiger partial charge in [-0.3, -0.25) is 19.2 Å². The van der Waals surface area contributed by atoms with Crippen molar-refractivity contribution < 1.29 is 38.1 Å². The van der Waals surface area contributed by atoms with Gasteiger partial charge in [0.2, 0.25) is 12.1 Å². The van der Waals surface area contributed by atoms with Crippen LogP contribution >= 0.6 is 23.2 Å². The molecule has 2 unspecified atom stereocenters. The molecule has 2 atom stereocenters. The van der Waals surface area contributed by atoms with Crippen LogP contribution in [0.1, 0.15) is 41.5 Å². The number of benzene rings is 4. The van der Waals surface area contributed by atoms with Gasteiger partial charge in [-0.05, 0) is 95.6 Å². The maximum absolute atomic E-state index is 13.2. The molecule has 0 fully saturated rings. The van der Waals surface area contributed by atoms with Crippen LogP contribution in [0.4, 0.5) is 22.7 Å². The molecule has 0 aliphatic carbocycles. The number of azo groups is 2. The highest BCUT2D eigenvalue weighted by atomic mass is 35.5. The van der Waals surface area contributed by atoms with Gasteiger partial charge in [-0.1, -0.05) is 35.3 Å². The zero-order chi connectivity index (χ0) is 40.8. The largest absolute Gasteiger partial charge is 0.494 e. The maximum Gasteiger partial charge on any atom is 0.258 e. The molecular weight excluding hydrogens is 763 g/mol. The van der Waals surface area contributed by atoms with E-state index in [1.54, 1.807) is 73.7 Å². The molecule has 14 nitrogen and oxygen atoms in total. The molecule has 0 aliphatic heterocycles. The molecule has 4 rings (SSSR count). The summed E-state index contributed by atoms with van der Waals surface area (Å²) in [7, 11) is 0. The predicted octanol–water partition coefficient (Wildman–Crippen LogP) is 9.62. The molecule has 4 aromatic carbocycles. The molecule has 56 heavy (non-hydrogen) atoms. The van der Waals surface area contributed by atoms with Crippen molar-refractivity contribution in [3.63, 3.8) is 0 Å². The molecule has 294 valence electrons. The van der Waals surface area contributed by atoms with E-state index in [0.29, 0.717) is 77.6 Å². The van der Waals surface area contributed by atoms with Gasteiger partial charge in [0, 0.05) is 17.7 Å². The minimum absolute atomic E-state index is 0.129. The summed E-state index contributed by atoms with van der Waals surface area (Å²) < 4.78 is 22.3. The molecule has 0 heterocycles. The van der Waals surface area contributed by atoms with Gasteiger partial charge in [0.1, 0.15) is 28.7 Å². The Morgan fingerprint density at radius 3 is 1.50 bits per heavy atom. The summed E-state index contributed by atoms with van der Waals surface area (Å²) in [6.45, 7) is 11.3. The first-order valence-corrected chi connectivity index (χ1v) is 18.5. The number of halogens is 2. The van der Waals surface area contributed by atoms with E-state index in [1.807, 2.05) is 20.8 Å². The Labute approximate surface area is 334 Å². The Bertz CT molecular complexity index is 2110. The fourth-order valence-electron chi connectivity index (χ4n) is 5.11. The van der Waals surface area contributed by atoms with Crippen LogP contribution < -0.4 is 29.6 Å². The molecule has 4 aromatic rings. The van der Waals surface area contributed by atoms with Crippen molar-refractivity contribution in [3.8, 4) is 34.1 Å². The number of anilines is 2. The molecule has 2 amide bonds. The van der Waals surface area contributed by atoms with Crippen LogP contribution in [-0.2, 0) is 19.2 Å². The van der Waals surface area contributed by atoms with E-state index >= 15 is 0 Å². The van der Waals surface area contributed by atoms with E-state index in [0.717, 1.165) is 0 Å². The topological polar surface area (TPSA) is 179 Å². The zero-order valence-electron chi connectivity index (χ0n) is 31.7. The summed E-state index contributed by atoms with van der Waals surface area (Å²) in [6.07, 6.45) is 0. The van der Waals surface area contributed by atoms with Gasteiger partial charge in [0.25, 0.3) is 11.8 Å². The van der Waals surface area contributed by atoms with Crippen LogP contribution in [0.25, 0.3) is 11.1 Å². The summed E-state index contributed by atoms with van der Waals surface area (Å²) in [5.41, 5.74) is 2.32. The number of hydrogen-bond donors (Lipinski definition) is 2. The van der Waals surface area contributed by atoms with Crippen molar-refractivity contribution in [3.05, 3.63) is 82.8 Å². The lowest BCUT2D eigenvalue weighted by atomic mass is 10.0. The number of hydrogen-bond acceptors (Lipinski definition) is 12. The quantitative estimate of drug-likeness (QED) is 0.0695. The average Bonchev–Trinajstić information content (AvgIpc) is 3.15. The minimum atomic E-state index is -1.50. The Morgan fingerprint density at radius 2 is 1.05 bits per heavy atom. The third kappa shape index (κ3) is 11.6. The zero-order valence-corrected chi connectivity index (χ0v) is 33.2. The van der Waals surface area contributed by atoms with Crippen molar-refractivity contribution in [1.29, 1.82) is 0 Å². The predicted molar refractivity (Wildman–Crippen MR) is 215 cm³/mol. The first-order valence-electron chi connectivity index (χ1n) is 17.7. The van der Waals surface area contributed by atoms with Gasteiger partial charge in [-0.2, -0.15) is 20.5 Å². The molecule has 0 radical (unpaired) electrons. The molecule has 16 heteroatoms. The lowest BCUT2D eigenvalue weighted by Gasteiger charge is -2.15. The van der Waals surface area contributed by atoms with Crippen LogP contribution in [0.3, 0.4) is 0 Å². The van der Waals surface area contributed by atoms with Gasteiger partial charge in [-0.15, -0.1) is 0 Å². The standard InChI is InChI=1S/C40H42Cl2N6O8/c1-7-53-27-15-17-35(55-9-3)33(19-27)43-39(51)37(23(5)49)47-45-26-13-11-25(12-14-26)29-21-31(42)32(22-30(29)41)46-48-38(24(6)50)40(52)44-34-20-28(54-8-2)16-18-36(34)56-10-4/h11-22,37-38H,7-10H2,1-6H3,(H,43,51)(H,44,52). The number of rotatable bonds is 19. The molecule has 0 saturated heterocycles. The van der Waals surface area contributed by atoms with Crippen molar-refractivity contribution in [1.82, 2.24) is 0 Å². The minimum Gasteiger partial charge on any atom is -0.494 e. The Hall–Kier alpha value is -5.86. The molecule has 0 aromatic heterocycles. The lowest BCUT2D eigenvalue weighted by molar-refractivity contribution is -0.127. The number of ether oxygens (including phenoxy) is 4. The fourth-order valence-corrected chi connectivity index (χ4v) is 5.58. The Kier molecular flexibility index (Phi) is 15.9. The molecule has 0 aliphatic rings. The summed E-state index contributed by atoms with van der Waals surface area (Å²) in [4.78, 5) is 51.3. The van der Waals surface area contributed by atoms with Gasteiger partial charge in [0.05, 0.1) is 53.5 Å². The second-order valence-electron chi connectivity index (χ2n) is 11.8. The number of carbonyl (C=O) groups is 4. The number of ketones is 2. The second kappa shape index (κ2) is 20.7. The molecular formula is C40H42Cl2N6O8. The second-order valence-corrected chi connectivity index (χ2v) is 12.6. The maximum atomic E-state index is 13.2. The highest BCUT2D eigenvalue weighted by Gasteiger charge is 2.26. The number of amides is 2. The first kappa shape index (κ1) is 42.9. The fraction of sp³-hybridized carbons (Fsp3) is 0.300. The van der Waals surface area contributed by atoms with Gasteiger partial charge in [0.15, 0.2) is 11.6 Å². The smallest absolute Gasteiger partial charge is 0.258 e. The van der Waals surface area contributed by atoms with Gasteiger partial charge in [-0.25, -0.2) is 0 Å². The van der Waals surface area contributed by atoms with Crippen LogP contribution in [0.15, 0.2) is 93.3 Å². The summed E-state index contributed by atoms with van der Waals surface area (Å²) >= 11 is 13.2. The summed E-state index contributed by atoms with van der Waals surface area (Å²) in [5.74, 6) is -0.660. The Morgan fingerprint density at radius 1 is 0.589 bits per heavy atom. The highest BCUT2D eigenvalue weighted by molar-refractivity contribution is 6.37. The van der Waals surface area contributed by atoms with E-state index in [-0.39, 0.29) is 15.7 Å². The lowest BCUT2D eigenvalue weighted by Crippen LogP contribution is -2.32. The third-order valence-corrected chi connectivity index (χ3v) is 8.31. The van der Waals surface area contributed by atoms with Crippen LogP contribution in [0.5, 0.6) is 23.0 Å². The Balaban J connectivity index is 1.49. The highest BCUT2D eigenvalue weighted by Crippen LogP contribution is 2.38. The van der Waals surface area contributed by atoms with E-state index < -0.39 is 35.5 Å². The molecule has 0 saturated carbocycles. The van der Waals surface area contributed by atoms with Crippen molar-refractivity contribution in [2.45, 2.75) is 53.6 Å². The molecule has 2 N–H and O–H groups in total. The van der Waals surface area contributed by atoms with Crippen molar-refractivity contribution >= 4 is 69.3 Å². The van der Waals surface area contributed by atoms with Crippen molar-refractivity contribution in [2.75, 3.05) is 37.1 Å². The molecule has 0 bridgehead atoms. The van der Waals surface area contributed by atoms with Gasteiger partial charge >= 0.3 is 0 Å². The van der Waals surface area contributed by atoms with Crippen LogP contribution in [0, 0.1) is 0 Å². The third-order valence-electron chi connectivity index (χ3n) is 7.69. The summed E-state index contributed by atoms with van der Waals surface area (Å²) in [6, 6.07) is 16.7. The normalized spacial score (nSPS) is 12.2.